The number of hydrogen-bond acceptors (Lipinski definition) is 3. The Balaban J connectivity index is 0.927. The van der Waals surface area contributed by atoms with Gasteiger partial charge in [-0.1, -0.05) is 164 Å². The number of rotatable bonds is 4. The minimum atomic E-state index is 0.918. The van der Waals surface area contributed by atoms with E-state index in [2.05, 4.69) is 194 Å². The van der Waals surface area contributed by atoms with Crippen molar-refractivity contribution in [1.82, 2.24) is 15.0 Å². The molecule has 12 aromatic rings. The smallest absolute Gasteiger partial charge is 0.0972 e. The highest BCUT2D eigenvalue weighted by Crippen LogP contribution is 2.42. The van der Waals surface area contributed by atoms with Crippen molar-refractivity contribution >= 4 is 97.7 Å². The molecule has 1 aliphatic rings. The summed E-state index contributed by atoms with van der Waals surface area (Å²) < 4.78 is 0. The van der Waals surface area contributed by atoms with Crippen LogP contribution in [0.25, 0.3) is 120 Å². The molecule has 3 heteroatoms. The molecule has 3 heterocycles. The Hall–Kier alpha value is -8.01. The second-order valence-corrected chi connectivity index (χ2v) is 16.6. The summed E-state index contributed by atoms with van der Waals surface area (Å²) >= 11 is 0. The van der Waals surface area contributed by atoms with Crippen LogP contribution in [0.1, 0.15) is 24.1 Å². The van der Waals surface area contributed by atoms with Crippen molar-refractivity contribution < 1.29 is 0 Å². The van der Waals surface area contributed by atoms with Crippen LogP contribution in [0.2, 0.25) is 0 Å². The average Bonchev–Trinajstić information content (AvgIpc) is 3.35. The van der Waals surface area contributed by atoms with Gasteiger partial charge in [0.2, 0.25) is 0 Å². The van der Waals surface area contributed by atoms with Crippen LogP contribution in [-0.4, -0.2) is 15.0 Å². The first-order valence-electron chi connectivity index (χ1n) is 21.5. The first kappa shape index (κ1) is 34.8. The van der Waals surface area contributed by atoms with Crippen LogP contribution in [0.3, 0.4) is 0 Å². The molecule has 0 unspecified atom stereocenters. The number of benzene rings is 9. The lowest BCUT2D eigenvalue weighted by molar-refractivity contribution is 1.05. The quantitative estimate of drug-likeness (QED) is 0.167. The van der Waals surface area contributed by atoms with Crippen LogP contribution in [0.4, 0.5) is 0 Å². The van der Waals surface area contributed by atoms with E-state index in [4.69, 9.17) is 15.0 Å². The average molecular weight is 788 g/mol. The van der Waals surface area contributed by atoms with Crippen LogP contribution in [0.5, 0.6) is 0 Å². The van der Waals surface area contributed by atoms with E-state index in [-0.39, 0.29) is 0 Å². The Kier molecular flexibility index (Phi) is 7.73. The largest absolute Gasteiger partial charge is 0.247 e. The molecule has 0 radical (unpaired) electrons. The van der Waals surface area contributed by atoms with Gasteiger partial charge in [0.15, 0.2) is 0 Å². The highest BCUT2D eigenvalue weighted by Gasteiger charge is 2.19. The molecular formula is C59H37N3. The van der Waals surface area contributed by atoms with E-state index in [1.807, 2.05) is 6.07 Å². The van der Waals surface area contributed by atoms with Gasteiger partial charge in [0.25, 0.3) is 0 Å². The number of pyridine rings is 3. The lowest BCUT2D eigenvalue weighted by atomic mass is 9.87. The van der Waals surface area contributed by atoms with Gasteiger partial charge >= 0.3 is 0 Å². The molecule has 0 amide bonds. The number of fused-ring (bicyclic) bond motifs is 14. The SMILES string of the molecule is C1=C(c2ccc3c4ccc(-c5ccc6ccc7ccc(-c8ccccc8)nc7c6n5)cc4c4ccccc4c3c2)C=C(c2nc3ccccc3c3c2ccc2ccccc23)CC1. The molecule has 0 N–H and O–H groups in total. The highest BCUT2D eigenvalue weighted by molar-refractivity contribution is 6.26. The lowest BCUT2D eigenvalue weighted by Crippen LogP contribution is -1.98. The lowest BCUT2D eigenvalue weighted by Gasteiger charge is -2.18. The van der Waals surface area contributed by atoms with Gasteiger partial charge in [-0.05, 0) is 109 Å². The normalized spacial score (nSPS) is 13.2. The molecule has 62 heavy (non-hydrogen) atoms. The summed E-state index contributed by atoms with van der Waals surface area (Å²) in [6.07, 6.45) is 6.71. The van der Waals surface area contributed by atoms with E-state index < -0.39 is 0 Å². The van der Waals surface area contributed by atoms with Gasteiger partial charge in [0.05, 0.1) is 33.6 Å². The second kappa shape index (κ2) is 13.8. The third-order valence-corrected chi connectivity index (χ3v) is 13.1. The second-order valence-electron chi connectivity index (χ2n) is 16.6. The number of nitrogens with zero attached hydrogens (tertiary/aromatic N) is 3. The molecular weight excluding hydrogens is 751 g/mol. The molecule has 3 aromatic heterocycles. The van der Waals surface area contributed by atoms with E-state index in [9.17, 15) is 0 Å². The first-order valence-corrected chi connectivity index (χ1v) is 21.5. The summed E-state index contributed by atoms with van der Waals surface area (Å²) in [5.41, 5.74) is 11.8. The molecule has 288 valence electrons. The molecule has 0 bridgehead atoms. The number of allylic oxidation sites excluding steroid dienone is 4. The third kappa shape index (κ3) is 5.48. The molecule has 0 fully saturated rings. The van der Waals surface area contributed by atoms with Crippen molar-refractivity contribution in [1.29, 1.82) is 0 Å². The molecule has 0 aliphatic heterocycles. The highest BCUT2D eigenvalue weighted by atomic mass is 14.8. The molecule has 9 aromatic carbocycles. The standard InChI is InChI=1S/C59H37N3/c1-2-12-37(13-3-1)53-31-26-38-21-22-39-27-32-54(61-59(39)58(38)60-53)42-25-29-48-47-28-24-41(34-51(47)45-17-6-7-18-46(45)52(48)35-42)40-14-10-15-43(33-40)57-50-30-23-36-11-4-5-16-44(36)56(50)49-19-8-9-20-55(49)62-57/h1-9,11-14,16-35H,10,15H2. The molecule has 0 saturated heterocycles. The number of aromatic nitrogens is 3. The fourth-order valence-corrected chi connectivity index (χ4v) is 10.1. The van der Waals surface area contributed by atoms with Gasteiger partial charge in [-0.15, -0.1) is 0 Å². The zero-order chi connectivity index (χ0) is 40.7. The zero-order valence-electron chi connectivity index (χ0n) is 33.8. The summed E-state index contributed by atoms with van der Waals surface area (Å²) in [6.45, 7) is 0. The monoisotopic (exact) mass is 787 g/mol. The Morgan fingerprint density at radius 1 is 0.355 bits per heavy atom. The molecule has 0 spiro atoms. The summed E-state index contributed by atoms with van der Waals surface area (Å²) in [7, 11) is 0. The fraction of sp³-hybridized carbons (Fsp3) is 0.0339. The maximum atomic E-state index is 5.36. The van der Waals surface area contributed by atoms with Gasteiger partial charge in [-0.25, -0.2) is 15.0 Å². The van der Waals surface area contributed by atoms with Crippen LogP contribution < -0.4 is 0 Å². The topological polar surface area (TPSA) is 38.7 Å². The van der Waals surface area contributed by atoms with Crippen molar-refractivity contribution in [2.45, 2.75) is 12.8 Å². The summed E-state index contributed by atoms with van der Waals surface area (Å²) in [6, 6.07) is 67.8. The number of para-hydroxylation sites is 1. The number of hydrogen-bond donors (Lipinski definition) is 0. The van der Waals surface area contributed by atoms with Crippen LogP contribution in [-0.2, 0) is 0 Å². The fourth-order valence-electron chi connectivity index (χ4n) is 10.1. The summed E-state index contributed by atoms with van der Waals surface area (Å²) in [5, 5.41) is 15.9. The van der Waals surface area contributed by atoms with E-state index in [1.54, 1.807) is 0 Å². The van der Waals surface area contributed by atoms with Crippen molar-refractivity contribution in [3.8, 4) is 22.5 Å². The Morgan fingerprint density at radius 3 is 1.65 bits per heavy atom. The molecule has 0 saturated carbocycles. The van der Waals surface area contributed by atoms with Gasteiger partial charge in [0.1, 0.15) is 0 Å². The summed E-state index contributed by atoms with van der Waals surface area (Å²) in [5.74, 6) is 0. The van der Waals surface area contributed by atoms with Crippen molar-refractivity contribution in [3.05, 3.63) is 211 Å². The molecule has 13 rings (SSSR count). The Bertz CT molecular complexity index is 3880. The maximum Gasteiger partial charge on any atom is 0.0972 e. The van der Waals surface area contributed by atoms with Crippen LogP contribution >= 0.6 is 0 Å². The van der Waals surface area contributed by atoms with Crippen LogP contribution in [0, 0.1) is 0 Å². The van der Waals surface area contributed by atoms with Gasteiger partial charge in [-0.3, -0.25) is 0 Å². The predicted octanol–water partition coefficient (Wildman–Crippen LogP) is 15.7. The Labute approximate surface area is 358 Å². The minimum Gasteiger partial charge on any atom is -0.247 e. The Morgan fingerprint density at radius 2 is 0.903 bits per heavy atom. The van der Waals surface area contributed by atoms with Crippen molar-refractivity contribution in [2.75, 3.05) is 0 Å². The van der Waals surface area contributed by atoms with Gasteiger partial charge in [0, 0.05) is 38.1 Å². The van der Waals surface area contributed by atoms with Crippen molar-refractivity contribution in [3.63, 3.8) is 0 Å². The molecule has 3 nitrogen and oxygen atoms in total. The van der Waals surface area contributed by atoms with Crippen LogP contribution in [0.15, 0.2) is 200 Å². The van der Waals surface area contributed by atoms with E-state index in [0.717, 1.165) is 68.4 Å². The minimum absolute atomic E-state index is 0.918. The summed E-state index contributed by atoms with van der Waals surface area (Å²) in [4.78, 5) is 15.8. The van der Waals surface area contributed by atoms with E-state index in [0.29, 0.717) is 0 Å². The van der Waals surface area contributed by atoms with Gasteiger partial charge < -0.3 is 0 Å². The third-order valence-electron chi connectivity index (χ3n) is 13.1. The van der Waals surface area contributed by atoms with E-state index in [1.165, 1.54) is 76.0 Å². The zero-order valence-corrected chi connectivity index (χ0v) is 33.8. The molecule has 1 aliphatic carbocycles. The predicted molar refractivity (Wildman–Crippen MR) is 262 cm³/mol. The van der Waals surface area contributed by atoms with Gasteiger partial charge in [-0.2, -0.15) is 0 Å². The maximum absolute atomic E-state index is 5.36. The molecule has 0 atom stereocenters. The van der Waals surface area contributed by atoms with E-state index >= 15 is 0 Å². The van der Waals surface area contributed by atoms with Crippen molar-refractivity contribution in [2.24, 2.45) is 0 Å². The first-order chi connectivity index (χ1) is 30.7.